The molecule has 1 amide bonds. The number of hydrogen-bond acceptors (Lipinski definition) is 9. The van der Waals surface area contributed by atoms with Crippen LogP contribution in [-0.4, -0.2) is 49.5 Å². The monoisotopic (exact) mass is 590 g/mol. The Kier molecular flexibility index (Phi) is 9.71. The zero-order valence-electron chi connectivity index (χ0n) is 23.5. The van der Waals surface area contributed by atoms with Crippen molar-refractivity contribution in [2.24, 2.45) is 5.10 Å². The molecule has 0 saturated carbocycles. The average molecular weight is 591 g/mol. The van der Waals surface area contributed by atoms with Crippen LogP contribution in [0.3, 0.4) is 0 Å². The summed E-state index contributed by atoms with van der Waals surface area (Å²) in [5.74, 6) is -0.132. The quantitative estimate of drug-likeness (QED) is 0.138. The third kappa shape index (κ3) is 6.84. The maximum Gasteiger partial charge on any atom is 0.338 e. The summed E-state index contributed by atoms with van der Waals surface area (Å²) in [7, 11) is 1.33. The summed E-state index contributed by atoms with van der Waals surface area (Å²) in [5, 5.41) is 10.3. The molecule has 2 heterocycles. The summed E-state index contributed by atoms with van der Waals surface area (Å²) in [6.45, 7) is 5.15. The molecule has 12 heteroatoms. The number of hydrazone groups is 1. The van der Waals surface area contributed by atoms with Crippen LogP contribution in [0.2, 0.25) is 0 Å². The van der Waals surface area contributed by atoms with Gasteiger partial charge in [0.25, 0.3) is 5.91 Å². The minimum absolute atomic E-state index is 0.215. The fourth-order valence-electron chi connectivity index (χ4n) is 4.40. The second-order valence-electron chi connectivity index (χ2n) is 9.08. The molecule has 0 radical (unpaired) electrons. The van der Waals surface area contributed by atoms with Crippen molar-refractivity contribution in [3.8, 4) is 17.1 Å². The van der Waals surface area contributed by atoms with Crippen LogP contribution in [0.1, 0.15) is 47.1 Å². The number of rotatable bonds is 10. The number of nitrogens with zero attached hydrogens (tertiary/aromatic N) is 1. The van der Waals surface area contributed by atoms with Crippen LogP contribution in [0.5, 0.6) is 5.75 Å². The van der Waals surface area contributed by atoms with Crippen molar-refractivity contribution in [3.63, 3.8) is 0 Å². The van der Waals surface area contributed by atoms with Gasteiger partial charge in [-0.05, 0) is 62.8 Å². The van der Waals surface area contributed by atoms with E-state index in [0.717, 1.165) is 11.1 Å². The van der Waals surface area contributed by atoms with E-state index in [1.807, 2.05) is 6.07 Å². The van der Waals surface area contributed by atoms with Gasteiger partial charge in [0.05, 0.1) is 37.1 Å². The molecule has 1 aromatic heterocycles. The van der Waals surface area contributed by atoms with Gasteiger partial charge in [0.15, 0.2) is 11.7 Å². The van der Waals surface area contributed by atoms with Gasteiger partial charge in [-0.25, -0.2) is 15.0 Å². The molecule has 0 spiro atoms. The zero-order chi connectivity index (χ0) is 30.2. The first-order valence-electron chi connectivity index (χ1n) is 13.0. The number of allylic oxidation sites excluding steroid dienone is 1. The van der Waals surface area contributed by atoms with E-state index in [1.165, 1.54) is 13.3 Å². The van der Waals surface area contributed by atoms with E-state index in [2.05, 4.69) is 21.2 Å². The molecule has 11 nitrogen and oxygen atoms in total. The maximum absolute atomic E-state index is 12.7. The number of carbonyl (C=O) groups excluding carboxylic acids is 3. The lowest BCUT2D eigenvalue weighted by molar-refractivity contribution is -0.139. The molecule has 1 aliphatic rings. The molecule has 0 fully saturated rings. The van der Waals surface area contributed by atoms with Gasteiger partial charge in [0, 0.05) is 16.8 Å². The molecule has 1 atom stereocenters. The second-order valence-corrected chi connectivity index (χ2v) is 9.49. The van der Waals surface area contributed by atoms with E-state index in [1.54, 1.807) is 69.3 Å². The number of carbonyl (C=O) groups is 3. The topological polar surface area (TPSA) is 140 Å². The number of furan rings is 1. The Morgan fingerprint density at radius 3 is 2.62 bits per heavy atom. The summed E-state index contributed by atoms with van der Waals surface area (Å²) in [6.07, 6.45) is 1.36. The summed E-state index contributed by atoms with van der Waals surface area (Å²) in [4.78, 5) is 37.2. The zero-order valence-corrected chi connectivity index (χ0v) is 24.3. The number of amides is 1. The Morgan fingerprint density at radius 2 is 1.86 bits per heavy atom. The van der Waals surface area contributed by atoms with E-state index in [-0.39, 0.29) is 13.2 Å². The van der Waals surface area contributed by atoms with Gasteiger partial charge in [-0.2, -0.15) is 5.10 Å². The summed E-state index contributed by atoms with van der Waals surface area (Å²) in [5.41, 5.74) is 5.83. The van der Waals surface area contributed by atoms with Gasteiger partial charge < -0.3 is 29.3 Å². The summed E-state index contributed by atoms with van der Waals surface area (Å²) >= 11 is 5.30. The lowest BCUT2D eigenvalue weighted by Gasteiger charge is -2.30. The number of hydrogen-bond donors (Lipinski definition) is 3. The van der Waals surface area contributed by atoms with E-state index in [9.17, 15) is 14.4 Å². The number of benzene rings is 2. The van der Waals surface area contributed by atoms with Crippen molar-refractivity contribution in [2.75, 3.05) is 20.3 Å². The van der Waals surface area contributed by atoms with Crippen molar-refractivity contribution < 1.29 is 33.0 Å². The van der Waals surface area contributed by atoms with Crippen LogP contribution in [0.25, 0.3) is 11.3 Å². The minimum Gasteiger partial charge on any atom is -0.483 e. The molecule has 0 aliphatic carbocycles. The molecule has 2 aromatic carbocycles. The highest BCUT2D eigenvalue weighted by Gasteiger charge is 2.32. The first kappa shape index (κ1) is 30.0. The van der Waals surface area contributed by atoms with E-state index in [0.29, 0.717) is 44.8 Å². The number of nitrogens with one attached hydrogen (secondary N) is 3. The minimum atomic E-state index is -0.639. The van der Waals surface area contributed by atoms with Crippen molar-refractivity contribution in [2.45, 2.75) is 26.8 Å². The standard InChI is InChI=1S/C30H30N4O7S/c1-5-39-29(37)26-18(3)32-30(42)33-27(26)22-9-6-7-12-23(22)40-16-25(35)34-31-15-19-13-14-24(41-19)20-10-8-11-21(17(20)2)28(36)38-4/h6-15,27H,5,16H2,1-4H3,(H,34,35)(H2,32,33,42)/t27-/m0/s1. The molecule has 1 aliphatic heterocycles. The SMILES string of the molecule is CCOC(=O)C1=C(C)NC(=S)N[C@H]1c1ccccc1OCC(=O)NN=Cc1ccc(-c2cccc(C(=O)OC)c2C)o1. The highest BCUT2D eigenvalue weighted by molar-refractivity contribution is 7.80. The highest BCUT2D eigenvalue weighted by Crippen LogP contribution is 2.33. The Morgan fingerprint density at radius 1 is 1.07 bits per heavy atom. The smallest absolute Gasteiger partial charge is 0.338 e. The van der Waals surface area contributed by atoms with Gasteiger partial charge in [-0.1, -0.05) is 30.3 Å². The van der Waals surface area contributed by atoms with E-state index >= 15 is 0 Å². The molecule has 0 bridgehead atoms. The molecule has 3 N–H and O–H groups in total. The molecule has 218 valence electrons. The maximum atomic E-state index is 12.7. The third-order valence-electron chi connectivity index (χ3n) is 6.37. The summed E-state index contributed by atoms with van der Waals surface area (Å²) in [6, 6.07) is 15.1. The number of para-hydroxylation sites is 1. The molecule has 0 saturated heterocycles. The number of ether oxygens (including phenoxy) is 3. The van der Waals surface area contributed by atoms with Crippen LogP contribution in [0, 0.1) is 6.92 Å². The molecule has 3 aromatic rings. The Hall–Kier alpha value is -4.97. The average Bonchev–Trinajstić information content (AvgIpc) is 3.44. The van der Waals surface area contributed by atoms with Crippen molar-refractivity contribution in [1.82, 2.24) is 16.1 Å². The molecular formula is C30H30N4O7S. The lowest BCUT2D eigenvalue weighted by atomic mass is 9.95. The van der Waals surface area contributed by atoms with Gasteiger partial charge in [0.1, 0.15) is 17.3 Å². The summed E-state index contributed by atoms with van der Waals surface area (Å²) < 4.78 is 21.7. The van der Waals surface area contributed by atoms with Crippen molar-refractivity contribution >= 4 is 41.4 Å². The predicted molar refractivity (Wildman–Crippen MR) is 159 cm³/mol. The second kappa shape index (κ2) is 13.6. The Bertz CT molecular complexity index is 1580. The van der Waals surface area contributed by atoms with Gasteiger partial charge >= 0.3 is 11.9 Å². The first-order valence-corrected chi connectivity index (χ1v) is 13.4. The van der Waals surface area contributed by atoms with Crippen LogP contribution >= 0.6 is 12.2 Å². The lowest BCUT2D eigenvalue weighted by Crippen LogP contribution is -2.45. The predicted octanol–water partition coefficient (Wildman–Crippen LogP) is 3.93. The van der Waals surface area contributed by atoms with Crippen molar-refractivity contribution in [3.05, 3.63) is 88.3 Å². The van der Waals surface area contributed by atoms with Crippen LogP contribution in [0.4, 0.5) is 0 Å². The fourth-order valence-corrected chi connectivity index (χ4v) is 4.67. The Balaban J connectivity index is 1.41. The normalized spacial score (nSPS) is 14.7. The van der Waals surface area contributed by atoms with Crippen molar-refractivity contribution in [1.29, 1.82) is 0 Å². The Labute approximate surface area is 247 Å². The fraction of sp³-hybridized carbons (Fsp3) is 0.233. The van der Waals surface area contributed by atoms with Gasteiger partial charge in [-0.15, -0.1) is 0 Å². The van der Waals surface area contributed by atoms with E-state index in [4.69, 9.17) is 30.8 Å². The van der Waals surface area contributed by atoms with E-state index < -0.39 is 23.9 Å². The number of methoxy groups -OCH3 is 1. The molecule has 0 unspecified atom stereocenters. The number of esters is 2. The van der Waals surface area contributed by atoms with Crippen LogP contribution < -0.4 is 20.8 Å². The highest BCUT2D eigenvalue weighted by atomic mass is 32.1. The van der Waals surface area contributed by atoms with Crippen LogP contribution in [0.15, 0.2) is 75.4 Å². The van der Waals surface area contributed by atoms with Gasteiger partial charge in [-0.3, -0.25) is 4.79 Å². The number of thiocarbonyl (C=S) groups is 1. The largest absolute Gasteiger partial charge is 0.483 e. The molecular weight excluding hydrogens is 560 g/mol. The third-order valence-corrected chi connectivity index (χ3v) is 6.59. The first-order chi connectivity index (χ1) is 20.2. The molecule has 4 rings (SSSR count). The molecule has 42 heavy (non-hydrogen) atoms. The van der Waals surface area contributed by atoms with Gasteiger partial charge in [0.2, 0.25) is 0 Å². The van der Waals surface area contributed by atoms with Crippen LogP contribution in [-0.2, 0) is 19.1 Å².